The number of nitrogens with two attached hydrogens (primary N) is 1. The first-order valence-electron chi connectivity index (χ1n) is 7.34. The van der Waals surface area contributed by atoms with Gasteiger partial charge in [-0.25, -0.2) is 0 Å². The van der Waals surface area contributed by atoms with Gasteiger partial charge in [0.1, 0.15) is 0 Å². The molecule has 1 aromatic heterocycles. The van der Waals surface area contributed by atoms with Crippen molar-refractivity contribution < 1.29 is 0 Å². The standard InChI is InChI=1S/C15H27N3S/c1-4-13-7-8-15(19-13)14(10-16)18-9-5-6-12(18)11-17(2)3/h7-8,12,14H,4-6,9-11,16H2,1-3H3. The second-order valence-electron chi connectivity index (χ2n) is 5.71. The van der Waals surface area contributed by atoms with E-state index in [1.807, 2.05) is 11.3 Å². The van der Waals surface area contributed by atoms with Crippen molar-refractivity contribution in [2.24, 2.45) is 5.73 Å². The van der Waals surface area contributed by atoms with E-state index in [0.717, 1.165) is 19.5 Å². The fraction of sp³-hybridized carbons (Fsp3) is 0.733. The third kappa shape index (κ3) is 3.57. The van der Waals surface area contributed by atoms with E-state index in [0.29, 0.717) is 12.1 Å². The zero-order valence-electron chi connectivity index (χ0n) is 12.4. The van der Waals surface area contributed by atoms with Gasteiger partial charge < -0.3 is 10.6 Å². The molecule has 2 unspecified atom stereocenters. The average molecular weight is 281 g/mol. The molecule has 1 aromatic rings. The molecule has 0 radical (unpaired) electrons. The van der Waals surface area contributed by atoms with Crippen LogP contribution in [0.4, 0.5) is 0 Å². The Hall–Kier alpha value is -0.420. The Kier molecular flexibility index (Phi) is 5.39. The molecule has 2 rings (SSSR count). The van der Waals surface area contributed by atoms with Crippen molar-refractivity contribution in [2.75, 3.05) is 33.7 Å². The molecule has 0 saturated carbocycles. The van der Waals surface area contributed by atoms with Crippen LogP contribution in [0.3, 0.4) is 0 Å². The van der Waals surface area contributed by atoms with Gasteiger partial charge in [0.05, 0.1) is 6.04 Å². The molecule has 4 heteroatoms. The summed E-state index contributed by atoms with van der Waals surface area (Å²) in [5.74, 6) is 0. The fourth-order valence-electron chi connectivity index (χ4n) is 3.06. The first kappa shape index (κ1) is 15.0. The van der Waals surface area contributed by atoms with E-state index in [-0.39, 0.29) is 0 Å². The summed E-state index contributed by atoms with van der Waals surface area (Å²) < 4.78 is 0. The Bertz CT molecular complexity index is 388. The number of nitrogens with zero attached hydrogens (tertiary/aromatic N) is 2. The Balaban J connectivity index is 2.11. The highest BCUT2D eigenvalue weighted by Gasteiger charge is 2.31. The van der Waals surface area contributed by atoms with Gasteiger partial charge in [0.2, 0.25) is 0 Å². The van der Waals surface area contributed by atoms with Crippen LogP contribution in [-0.2, 0) is 6.42 Å². The van der Waals surface area contributed by atoms with Crippen molar-refractivity contribution in [3.05, 3.63) is 21.9 Å². The molecular weight excluding hydrogens is 254 g/mol. The lowest BCUT2D eigenvalue weighted by molar-refractivity contribution is 0.158. The Morgan fingerprint density at radius 1 is 1.47 bits per heavy atom. The summed E-state index contributed by atoms with van der Waals surface area (Å²) >= 11 is 1.94. The van der Waals surface area contributed by atoms with E-state index in [9.17, 15) is 0 Å². The predicted molar refractivity (Wildman–Crippen MR) is 83.8 cm³/mol. The molecule has 1 saturated heterocycles. The third-order valence-corrected chi connectivity index (χ3v) is 5.31. The Morgan fingerprint density at radius 3 is 2.84 bits per heavy atom. The number of likely N-dealkylation sites (tertiary alicyclic amines) is 1. The number of thiophene rings is 1. The first-order valence-corrected chi connectivity index (χ1v) is 8.16. The summed E-state index contributed by atoms with van der Waals surface area (Å²) in [6, 6.07) is 5.62. The summed E-state index contributed by atoms with van der Waals surface area (Å²) in [6.07, 6.45) is 3.74. The number of hydrogen-bond donors (Lipinski definition) is 1. The number of likely N-dealkylation sites (N-methyl/N-ethyl adjacent to an activating group) is 1. The van der Waals surface area contributed by atoms with Gasteiger partial charge in [0.15, 0.2) is 0 Å². The topological polar surface area (TPSA) is 32.5 Å². The maximum Gasteiger partial charge on any atom is 0.0567 e. The summed E-state index contributed by atoms with van der Waals surface area (Å²) in [5.41, 5.74) is 6.08. The average Bonchev–Trinajstić information content (AvgIpc) is 3.00. The number of rotatable bonds is 6. The van der Waals surface area contributed by atoms with E-state index in [2.05, 4.69) is 43.0 Å². The van der Waals surface area contributed by atoms with Crippen LogP contribution in [0.5, 0.6) is 0 Å². The van der Waals surface area contributed by atoms with E-state index in [4.69, 9.17) is 5.73 Å². The van der Waals surface area contributed by atoms with Gasteiger partial charge in [-0.15, -0.1) is 11.3 Å². The van der Waals surface area contributed by atoms with Crippen LogP contribution in [0.15, 0.2) is 12.1 Å². The van der Waals surface area contributed by atoms with Crippen molar-refractivity contribution in [1.82, 2.24) is 9.80 Å². The molecule has 1 fully saturated rings. The second-order valence-corrected chi connectivity index (χ2v) is 6.91. The fourth-order valence-corrected chi connectivity index (χ4v) is 4.15. The van der Waals surface area contributed by atoms with E-state index >= 15 is 0 Å². The minimum absolute atomic E-state index is 0.415. The molecule has 0 bridgehead atoms. The highest BCUT2D eigenvalue weighted by molar-refractivity contribution is 7.12. The van der Waals surface area contributed by atoms with Crippen LogP contribution < -0.4 is 5.73 Å². The highest BCUT2D eigenvalue weighted by atomic mass is 32.1. The van der Waals surface area contributed by atoms with Crippen molar-refractivity contribution in [3.8, 4) is 0 Å². The molecule has 0 amide bonds. The van der Waals surface area contributed by atoms with Crippen LogP contribution in [0.25, 0.3) is 0 Å². The smallest absolute Gasteiger partial charge is 0.0567 e. The molecule has 1 aliphatic heterocycles. The number of aryl methyl sites for hydroxylation is 1. The van der Waals surface area contributed by atoms with Gasteiger partial charge in [0, 0.05) is 28.9 Å². The SMILES string of the molecule is CCc1ccc(C(CN)N2CCCC2CN(C)C)s1. The zero-order chi connectivity index (χ0) is 13.8. The first-order chi connectivity index (χ1) is 9.15. The van der Waals surface area contributed by atoms with Crippen LogP contribution in [0.1, 0.15) is 35.6 Å². The van der Waals surface area contributed by atoms with Gasteiger partial charge in [0.25, 0.3) is 0 Å². The maximum atomic E-state index is 6.08. The molecule has 2 heterocycles. The van der Waals surface area contributed by atoms with Crippen molar-refractivity contribution in [2.45, 2.75) is 38.3 Å². The van der Waals surface area contributed by atoms with Gasteiger partial charge >= 0.3 is 0 Å². The summed E-state index contributed by atoms with van der Waals surface area (Å²) in [5, 5.41) is 0. The highest BCUT2D eigenvalue weighted by Crippen LogP contribution is 2.33. The lowest BCUT2D eigenvalue weighted by Crippen LogP contribution is -2.42. The van der Waals surface area contributed by atoms with Crippen LogP contribution in [0.2, 0.25) is 0 Å². The molecule has 3 nitrogen and oxygen atoms in total. The summed E-state index contributed by atoms with van der Waals surface area (Å²) in [7, 11) is 4.32. The molecule has 0 aliphatic carbocycles. The maximum absolute atomic E-state index is 6.08. The van der Waals surface area contributed by atoms with Gasteiger partial charge in [-0.3, -0.25) is 4.90 Å². The van der Waals surface area contributed by atoms with Crippen molar-refractivity contribution in [3.63, 3.8) is 0 Å². The molecule has 19 heavy (non-hydrogen) atoms. The minimum Gasteiger partial charge on any atom is -0.329 e. The molecule has 0 spiro atoms. The van der Waals surface area contributed by atoms with Crippen LogP contribution in [0, 0.1) is 0 Å². The third-order valence-electron chi connectivity index (χ3n) is 3.98. The summed E-state index contributed by atoms with van der Waals surface area (Å²) in [6.45, 7) is 5.29. The minimum atomic E-state index is 0.415. The van der Waals surface area contributed by atoms with E-state index < -0.39 is 0 Å². The Labute approximate surface area is 121 Å². The van der Waals surface area contributed by atoms with Crippen LogP contribution >= 0.6 is 11.3 Å². The molecule has 108 valence electrons. The molecule has 2 atom stereocenters. The van der Waals surface area contributed by atoms with Crippen molar-refractivity contribution >= 4 is 11.3 Å². The summed E-state index contributed by atoms with van der Waals surface area (Å²) in [4.78, 5) is 7.84. The molecule has 0 aromatic carbocycles. The van der Waals surface area contributed by atoms with E-state index in [1.54, 1.807) is 0 Å². The largest absolute Gasteiger partial charge is 0.329 e. The second kappa shape index (κ2) is 6.84. The normalized spacial score (nSPS) is 22.3. The molecular formula is C15H27N3S. The van der Waals surface area contributed by atoms with E-state index in [1.165, 1.54) is 29.1 Å². The number of hydrogen-bond acceptors (Lipinski definition) is 4. The lowest BCUT2D eigenvalue weighted by Gasteiger charge is -2.33. The quantitative estimate of drug-likeness (QED) is 0.868. The lowest BCUT2D eigenvalue weighted by atomic mass is 10.1. The van der Waals surface area contributed by atoms with Crippen molar-refractivity contribution in [1.29, 1.82) is 0 Å². The molecule has 1 aliphatic rings. The monoisotopic (exact) mass is 281 g/mol. The predicted octanol–water partition coefficient (Wildman–Crippen LogP) is 2.34. The Morgan fingerprint density at radius 2 is 2.26 bits per heavy atom. The molecule has 2 N–H and O–H groups in total. The van der Waals surface area contributed by atoms with Gasteiger partial charge in [-0.05, 0) is 52.0 Å². The van der Waals surface area contributed by atoms with Gasteiger partial charge in [-0.2, -0.15) is 0 Å². The van der Waals surface area contributed by atoms with Gasteiger partial charge in [-0.1, -0.05) is 6.92 Å². The zero-order valence-corrected chi connectivity index (χ0v) is 13.2. The van der Waals surface area contributed by atoms with Crippen LogP contribution in [-0.4, -0.2) is 49.6 Å².